The molecule has 0 heterocycles. The van der Waals surface area contributed by atoms with Gasteiger partial charge in [-0.2, -0.15) is 0 Å². The van der Waals surface area contributed by atoms with Crippen LogP contribution >= 0.6 is 0 Å². The number of ether oxygens (including phenoxy) is 3. The summed E-state index contributed by atoms with van der Waals surface area (Å²) in [6.45, 7) is 5.60. The molecule has 2 atom stereocenters. The van der Waals surface area contributed by atoms with Crippen LogP contribution in [0.25, 0.3) is 0 Å². The lowest BCUT2D eigenvalue weighted by molar-refractivity contribution is -0.131. The number of esters is 3. The molecule has 24 heavy (non-hydrogen) atoms. The molecule has 2 aliphatic rings. The minimum absolute atomic E-state index is 0.0680. The fourth-order valence-corrected chi connectivity index (χ4v) is 4.04. The van der Waals surface area contributed by atoms with Crippen LogP contribution in [0.4, 0.5) is 0 Å². The predicted molar refractivity (Wildman–Crippen MR) is 84.1 cm³/mol. The van der Waals surface area contributed by atoms with Gasteiger partial charge in [0.1, 0.15) is 5.75 Å². The highest BCUT2D eigenvalue weighted by molar-refractivity contribution is 6.05. The van der Waals surface area contributed by atoms with E-state index in [0.717, 1.165) is 11.1 Å². The molecule has 6 nitrogen and oxygen atoms in total. The average Bonchev–Trinajstić information content (AvgIpc) is 2.87. The molecule has 1 aromatic carbocycles. The van der Waals surface area contributed by atoms with Gasteiger partial charge in [-0.05, 0) is 35.3 Å². The molecule has 0 radical (unpaired) electrons. The third-order valence-electron chi connectivity index (χ3n) is 5.27. The lowest BCUT2D eigenvalue weighted by Gasteiger charge is -2.20. The van der Waals surface area contributed by atoms with Crippen molar-refractivity contribution in [1.29, 1.82) is 0 Å². The Morgan fingerprint density at radius 2 is 1.75 bits per heavy atom. The van der Waals surface area contributed by atoms with E-state index in [4.69, 9.17) is 14.2 Å². The smallest absolute Gasteiger partial charge is 0.339 e. The first kappa shape index (κ1) is 16.5. The molecule has 0 spiro atoms. The quantitative estimate of drug-likeness (QED) is 0.625. The van der Waals surface area contributed by atoms with Gasteiger partial charge in [-0.25, -0.2) is 9.59 Å². The molecular weight excluding hydrogens is 312 g/mol. The number of rotatable bonds is 3. The number of hydrogen-bond acceptors (Lipinski definition) is 6. The van der Waals surface area contributed by atoms with Gasteiger partial charge in [0.2, 0.25) is 0 Å². The molecule has 128 valence electrons. The number of fused-ring (bicyclic) bond motifs is 3. The van der Waals surface area contributed by atoms with E-state index in [1.807, 2.05) is 0 Å². The summed E-state index contributed by atoms with van der Waals surface area (Å²) in [4.78, 5) is 35.9. The van der Waals surface area contributed by atoms with Gasteiger partial charge in [0, 0.05) is 12.5 Å². The summed E-state index contributed by atoms with van der Waals surface area (Å²) in [5.74, 6) is -0.814. The standard InChI is InChI=1S/C18H20O6/c1-8(19)24-12-7-10(16(20)22-4)13(17(21)23-5)9-6-11-15(14(9)12)18(11,2)3/h7,11,15H,6H2,1-5H3. The number of carbonyl (C=O) groups excluding carboxylic acids is 3. The second-order valence-electron chi connectivity index (χ2n) is 6.88. The van der Waals surface area contributed by atoms with Crippen molar-refractivity contribution in [3.63, 3.8) is 0 Å². The van der Waals surface area contributed by atoms with Crippen molar-refractivity contribution in [3.8, 4) is 5.75 Å². The summed E-state index contributed by atoms with van der Waals surface area (Å²) in [6.07, 6.45) is 0.649. The predicted octanol–water partition coefficient (Wildman–Crippen LogP) is 2.48. The average molecular weight is 332 g/mol. The van der Waals surface area contributed by atoms with Crippen molar-refractivity contribution >= 4 is 17.9 Å². The Morgan fingerprint density at radius 1 is 1.12 bits per heavy atom. The number of carbonyl (C=O) groups is 3. The van der Waals surface area contributed by atoms with Gasteiger partial charge in [0.05, 0.1) is 25.3 Å². The maximum atomic E-state index is 12.3. The fourth-order valence-electron chi connectivity index (χ4n) is 4.04. The summed E-state index contributed by atoms with van der Waals surface area (Å²) in [7, 11) is 2.51. The number of benzene rings is 1. The van der Waals surface area contributed by atoms with Crippen molar-refractivity contribution < 1.29 is 28.6 Å². The molecule has 6 heteroatoms. The summed E-state index contributed by atoms with van der Waals surface area (Å²) in [5, 5.41) is 0. The lowest BCUT2D eigenvalue weighted by atomic mass is 9.88. The molecule has 2 aliphatic carbocycles. The molecular formula is C18H20O6. The summed E-state index contributed by atoms with van der Waals surface area (Å²) < 4.78 is 15.0. The van der Waals surface area contributed by atoms with E-state index in [1.165, 1.54) is 27.2 Å². The van der Waals surface area contributed by atoms with E-state index < -0.39 is 17.9 Å². The third-order valence-corrected chi connectivity index (χ3v) is 5.27. The van der Waals surface area contributed by atoms with Crippen LogP contribution in [0.3, 0.4) is 0 Å². The van der Waals surface area contributed by atoms with Gasteiger partial charge >= 0.3 is 17.9 Å². The van der Waals surface area contributed by atoms with Gasteiger partial charge in [-0.3, -0.25) is 4.79 Å². The first-order valence-corrected chi connectivity index (χ1v) is 7.78. The molecule has 1 saturated carbocycles. The fraction of sp³-hybridized carbons (Fsp3) is 0.500. The van der Waals surface area contributed by atoms with Crippen LogP contribution in [0, 0.1) is 11.3 Å². The van der Waals surface area contributed by atoms with Gasteiger partial charge < -0.3 is 14.2 Å². The van der Waals surface area contributed by atoms with Crippen LogP contribution in [0.5, 0.6) is 5.75 Å². The summed E-state index contributed by atoms with van der Waals surface area (Å²) in [5.41, 5.74) is 1.95. The normalized spacial score (nSPS) is 22.2. The molecule has 1 aromatic rings. The molecule has 3 rings (SSSR count). The molecule has 0 aliphatic heterocycles. The molecule has 2 unspecified atom stereocenters. The lowest BCUT2D eigenvalue weighted by Crippen LogP contribution is -2.18. The van der Waals surface area contributed by atoms with Crippen LogP contribution in [0.1, 0.15) is 58.5 Å². The zero-order valence-corrected chi connectivity index (χ0v) is 14.4. The minimum atomic E-state index is -0.661. The number of methoxy groups -OCH3 is 2. The van der Waals surface area contributed by atoms with E-state index in [2.05, 4.69) is 13.8 Å². The highest BCUT2D eigenvalue weighted by Gasteiger charge is 2.64. The third kappa shape index (κ3) is 2.20. The Labute approximate surface area is 140 Å². The molecule has 0 bridgehead atoms. The van der Waals surface area contributed by atoms with Crippen LogP contribution in [-0.4, -0.2) is 32.1 Å². The van der Waals surface area contributed by atoms with Crippen LogP contribution in [-0.2, 0) is 20.7 Å². The molecule has 0 amide bonds. The van der Waals surface area contributed by atoms with Gasteiger partial charge in [0.15, 0.2) is 0 Å². The van der Waals surface area contributed by atoms with Crippen molar-refractivity contribution in [3.05, 3.63) is 28.3 Å². The summed E-state index contributed by atoms with van der Waals surface area (Å²) in [6, 6.07) is 1.43. The Morgan fingerprint density at radius 3 is 2.29 bits per heavy atom. The Hall–Kier alpha value is -2.37. The van der Waals surface area contributed by atoms with Crippen LogP contribution in [0.2, 0.25) is 0 Å². The minimum Gasteiger partial charge on any atom is -0.465 e. The number of hydrogen-bond donors (Lipinski definition) is 0. The van der Waals surface area contributed by atoms with E-state index >= 15 is 0 Å². The molecule has 0 aromatic heterocycles. The van der Waals surface area contributed by atoms with Crippen molar-refractivity contribution in [2.45, 2.75) is 33.1 Å². The zero-order valence-electron chi connectivity index (χ0n) is 14.4. The monoisotopic (exact) mass is 332 g/mol. The maximum absolute atomic E-state index is 12.3. The first-order chi connectivity index (χ1) is 11.2. The van der Waals surface area contributed by atoms with Crippen LogP contribution in [0.15, 0.2) is 6.07 Å². The van der Waals surface area contributed by atoms with Gasteiger partial charge in [-0.1, -0.05) is 13.8 Å². The van der Waals surface area contributed by atoms with Gasteiger partial charge in [-0.15, -0.1) is 0 Å². The van der Waals surface area contributed by atoms with E-state index in [-0.39, 0.29) is 22.5 Å². The molecule has 0 N–H and O–H groups in total. The topological polar surface area (TPSA) is 78.9 Å². The van der Waals surface area contributed by atoms with Crippen molar-refractivity contribution in [1.82, 2.24) is 0 Å². The van der Waals surface area contributed by atoms with Crippen molar-refractivity contribution in [2.75, 3.05) is 14.2 Å². The molecule has 1 fully saturated rings. The second kappa shape index (κ2) is 5.33. The Bertz CT molecular complexity index is 761. The SMILES string of the molecule is COC(=O)c1cc(OC(C)=O)c2c(c1C(=O)OC)CC1C2C1(C)C. The van der Waals surface area contributed by atoms with E-state index in [1.54, 1.807) is 0 Å². The first-order valence-electron chi connectivity index (χ1n) is 7.78. The van der Waals surface area contributed by atoms with E-state index in [9.17, 15) is 14.4 Å². The Balaban J connectivity index is 2.26. The van der Waals surface area contributed by atoms with Crippen LogP contribution < -0.4 is 4.74 Å². The van der Waals surface area contributed by atoms with Crippen molar-refractivity contribution in [2.24, 2.45) is 11.3 Å². The molecule has 0 saturated heterocycles. The second-order valence-corrected chi connectivity index (χ2v) is 6.88. The highest BCUT2D eigenvalue weighted by atomic mass is 16.5. The van der Waals surface area contributed by atoms with Gasteiger partial charge in [0.25, 0.3) is 0 Å². The van der Waals surface area contributed by atoms with E-state index in [0.29, 0.717) is 18.1 Å². The summed E-state index contributed by atoms with van der Waals surface area (Å²) >= 11 is 0. The maximum Gasteiger partial charge on any atom is 0.339 e. The largest absolute Gasteiger partial charge is 0.465 e. The zero-order chi connectivity index (χ0) is 17.8. The Kier molecular flexibility index (Phi) is 3.66. The highest BCUT2D eigenvalue weighted by Crippen LogP contribution is 2.72.